The highest BCUT2D eigenvalue weighted by atomic mass is 35.5. The second-order valence-corrected chi connectivity index (χ2v) is 6.86. The van der Waals surface area contributed by atoms with Gasteiger partial charge in [-0.05, 0) is 37.3 Å². The van der Waals surface area contributed by atoms with Gasteiger partial charge in [0.25, 0.3) is 0 Å². The van der Waals surface area contributed by atoms with Gasteiger partial charge in [0.2, 0.25) is 0 Å². The van der Waals surface area contributed by atoms with E-state index in [0.717, 1.165) is 27.9 Å². The average Bonchev–Trinajstić information content (AvgIpc) is 3.21. The van der Waals surface area contributed by atoms with Crippen LogP contribution < -0.4 is 5.73 Å². The van der Waals surface area contributed by atoms with Crippen LogP contribution in [0.4, 0.5) is 0 Å². The minimum atomic E-state index is -0.493. The minimum Gasteiger partial charge on any atom is -0.465 e. The van der Waals surface area contributed by atoms with E-state index < -0.39 is 5.97 Å². The van der Waals surface area contributed by atoms with Crippen LogP contribution in [0.15, 0.2) is 30.3 Å². The summed E-state index contributed by atoms with van der Waals surface area (Å²) >= 11 is 6.24. The van der Waals surface area contributed by atoms with Gasteiger partial charge in [-0.25, -0.2) is 14.8 Å². The number of nitrogens with zero attached hydrogens (tertiary/aromatic N) is 3. The van der Waals surface area contributed by atoms with Gasteiger partial charge in [-0.15, -0.1) is 0 Å². The summed E-state index contributed by atoms with van der Waals surface area (Å²) < 4.78 is 6.69. The van der Waals surface area contributed by atoms with E-state index in [1.54, 1.807) is 12.1 Å². The minimum absolute atomic E-state index is 0.143. The van der Waals surface area contributed by atoms with Gasteiger partial charge >= 0.3 is 5.97 Å². The van der Waals surface area contributed by atoms with E-state index in [0.29, 0.717) is 16.4 Å². The average molecular weight is 384 g/mol. The lowest BCUT2D eigenvalue weighted by atomic mass is 10.2. The highest BCUT2D eigenvalue weighted by molar-refractivity contribution is 6.34. The Balaban J connectivity index is 1.87. The molecule has 0 aliphatic rings. The van der Waals surface area contributed by atoms with Crippen LogP contribution in [0.3, 0.4) is 0 Å². The number of H-pyrrole nitrogens is 1. The summed E-state index contributed by atoms with van der Waals surface area (Å²) in [6, 6.07) is 9.10. The van der Waals surface area contributed by atoms with Gasteiger partial charge < -0.3 is 20.0 Å². The summed E-state index contributed by atoms with van der Waals surface area (Å²) in [6.45, 7) is 1.89. The molecule has 0 spiro atoms. The van der Waals surface area contributed by atoms with Crippen LogP contribution in [-0.2, 0) is 11.8 Å². The first kappa shape index (κ1) is 17.5. The second-order valence-electron chi connectivity index (χ2n) is 6.45. The number of carbonyl (C=O) groups excluding carboxylic acids is 1. The standard InChI is InChI=1S/C19H18ClN5O2/c1-9(21)13-5-4-10-6-15(23-17(10)22-13)18-24-14-7-11(19(26)27-3)12(20)8-16(14)25(18)2/h4-9H,21H2,1-3H3,(H,22,23)/t9-/m1/s1. The zero-order valence-corrected chi connectivity index (χ0v) is 15.8. The Morgan fingerprint density at radius 2 is 2.07 bits per heavy atom. The fourth-order valence-electron chi connectivity index (χ4n) is 3.11. The third-order valence-corrected chi connectivity index (χ3v) is 4.90. The zero-order valence-electron chi connectivity index (χ0n) is 15.1. The molecule has 0 saturated heterocycles. The molecule has 8 heteroatoms. The highest BCUT2D eigenvalue weighted by Gasteiger charge is 2.18. The van der Waals surface area contributed by atoms with Gasteiger partial charge in [0.05, 0.1) is 40.1 Å². The Morgan fingerprint density at radius 1 is 1.30 bits per heavy atom. The van der Waals surface area contributed by atoms with Crippen LogP contribution in [0.2, 0.25) is 5.02 Å². The van der Waals surface area contributed by atoms with E-state index >= 15 is 0 Å². The maximum Gasteiger partial charge on any atom is 0.339 e. The lowest BCUT2D eigenvalue weighted by molar-refractivity contribution is 0.0601. The topological polar surface area (TPSA) is 98.8 Å². The van der Waals surface area contributed by atoms with Gasteiger partial charge in [-0.1, -0.05) is 11.6 Å². The Labute approximate surface area is 160 Å². The largest absolute Gasteiger partial charge is 0.465 e. The first-order valence-electron chi connectivity index (χ1n) is 8.39. The molecular formula is C19H18ClN5O2. The van der Waals surface area contributed by atoms with Crippen LogP contribution in [0.25, 0.3) is 33.6 Å². The lowest BCUT2D eigenvalue weighted by Crippen LogP contribution is -2.06. The number of imidazole rings is 1. The molecule has 0 aliphatic carbocycles. The number of aromatic amines is 1. The zero-order chi connectivity index (χ0) is 19.3. The molecular weight excluding hydrogens is 366 g/mol. The van der Waals surface area contributed by atoms with Crippen LogP contribution >= 0.6 is 11.6 Å². The normalized spacial score (nSPS) is 12.6. The molecule has 0 bridgehead atoms. The smallest absolute Gasteiger partial charge is 0.339 e. The fraction of sp³-hybridized carbons (Fsp3) is 0.211. The quantitative estimate of drug-likeness (QED) is 0.527. The van der Waals surface area contributed by atoms with Crippen LogP contribution in [0.5, 0.6) is 0 Å². The molecule has 0 unspecified atom stereocenters. The van der Waals surface area contributed by atoms with Crippen molar-refractivity contribution in [1.82, 2.24) is 19.5 Å². The van der Waals surface area contributed by atoms with Crippen molar-refractivity contribution in [3.63, 3.8) is 0 Å². The fourth-order valence-corrected chi connectivity index (χ4v) is 3.35. The molecule has 138 valence electrons. The van der Waals surface area contributed by atoms with Gasteiger partial charge in [-0.3, -0.25) is 0 Å². The van der Waals surface area contributed by atoms with Crippen LogP contribution in [-0.4, -0.2) is 32.6 Å². The Hall–Kier alpha value is -2.90. The molecule has 0 saturated carbocycles. The van der Waals surface area contributed by atoms with Crippen molar-refractivity contribution < 1.29 is 9.53 Å². The number of methoxy groups -OCH3 is 1. The number of aromatic nitrogens is 4. The van der Waals surface area contributed by atoms with Crippen molar-refractivity contribution in [3.8, 4) is 11.5 Å². The number of nitrogens with two attached hydrogens (primary N) is 1. The summed E-state index contributed by atoms with van der Waals surface area (Å²) in [5.41, 5.74) is 10.0. The third kappa shape index (κ3) is 2.85. The van der Waals surface area contributed by atoms with Gasteiger partial charge in [-0.2, -0.15) is 0 Å². The second kappa shape index (κ2) is 6.37. The molecule has 4 rings (SSSR count). The number of fused-ring (bicyclic) bond motifs is 2. The van der Waals surface area contributed by atoms with Crippen molar-refractivity contribution in [3.05, 3.63) is 46.6 Å². The first-order chi connectivity index (χ1) is 12.9. The summed E-state index contributed by atoms with van der Waals surface area (Å²) in [5, 5.41) is 1.29. The molecule has 3 heterocycles. The van der Waals surface area contributed by atoms with Crippen molar-refractivity contribution in [2.24, 2.45) is 12.8 Å². The molecule has 1 aromatic carbocycles. The number of carbonyl (C=O) groups is 1. The van der Waals surface area contributed by atoms with E-state index in [9.17, 15) is 4.79 Å². The molecule has 1 atom stereocenters. The SMILES string of the molecule is COC(=O)c1cc2nc(-c3cc4ccc([C@@H](C)N)nc4[nH]3)n(C)c2cc1Cl. The number of hydrogen-bond donors (Lipinski definition) is 2. The number of esters is 1. The van der Waals surface area contributed by atoms with E-state index in [4.69, 9.17) is 22.1 Å². The molecule has 7 nitrogen and oxygen atoms in total. The number of pyridine rings is 1. The van der Waals surface area contributed by atoms with Gasteiger partial charge in [0.15, 0.2) is 5.82 Å². The molecule has 3 N–H and O–H groups in total. The number of benzene rings is 1. The third-order valence-electron chi connectivity index (χ3n) is 4.58. The van der Waals surface area contributed by atoms with E-state index in [-0.39, 0.29) is 11.6 Å². The molecule has 0 amide bonds. The van der Waals surface area contributed by atoms with Gasteiger partial charge in [0, 0.05) is 18.5 Å². The Bertz CT molecular complexity index is 1190. The molecule has 0 radical (unpaired) electrons. The van der Waals surface area contributed by atoms with Crippen molar-refractivity contribution in [2.45, 2.75) is 13.0 Å². The summed E-state index contributed by atoms with van der Waals surface area (Å²) in [7, 11) is 3.21. The summed E-state index contributed by atoms with van der Waals surface area (Å²) in [5.74, 6) is 0.218. The molecule has 0 fully saturated rings. The van der Waals surface area contributed by atoms with Crippen LogP contribution in [0, 0.1) is 0 Å². The van der Waals surface area contributed by atoms with E-state index in [2.05, 4.69) is 15.0 Å². The molecule has 3 aromatic heterocycles. The van der Waals surface area contributed by atoms with Gasteiger partial charge in [0.1, 0.15) is 5.65 Å². The molecule has 4 aromatic rings. The lowest BCUT2D eigenvalue weighted by Gasteiger charge is -2.03. The monoisotopic (exact) mass is 383 g/mol. The number of aryl methyl sites for hydroxylation is 1. The predicted molar refractivity (Wildman–Crippen MR) is 105 cm³/mol. The number of ether oxygens (including phenoxy) is 1. The van der Waals surface area contributed by atoms with Crippen molar-refractivity contribution in [1.29, 1.82) is 0 Å². The maximum atomic E-state index is 11.9. The van der Waals surface area contributed by atoms with E-state index in [1.807, 2.05) is 36.7 Å². The summed E-state index contributed by atoms with van der Waals surface area (Å²) in [4.78, 5) is 24.4. The van der Waals surface area contributed by atoms with Crippen molar-refractivity contribution in [2.75, 3.05) is 7.11 Å². The summed E-state index contributed by atoms with van der Waals surface area (Å²) in [6.07, 6.45) is 0. The molecule has 27 heavy (non-hydrogen) atoms. The van der Waals surface area contributed by atoms with E-state index in [1.165, 1.54) is 7.11 Å². The number of rotatable bonds is 3. The number of nitrogens with one attached hydrogen (secondary N) is 1. The number of halogens is 1. The first-order valence-corrected chi connectivity index (χ1v) is 8.76. The Morgan fingerprint density at radius 3 is 2.78 bits per heavy atom. The highest BCUT2D eigenvalue weighted by Crippen LogP contribution is 2.30. The van der Waals surface area contributed by atoms with Crippen LogP contribution in [0.1, 0.15) is 29.0 Å². The Kier molecular flexibility index (Phi) is 4.13. The molecule has 0 aliphatic heterocycles. The maximum absolute atomic E-state index is 11.9. The number of hydrogen-bond acceptors (Lipinski definition) is 5. The van der Waals surface area contributed by atoms with Crippen molar-refractivity contribution >= 4 is 39.6 Å². The predicted octanol–water partition coefficient (Wildman–Crippen LogP) is 3.58.